The normalized spacial score (nSPS) is 28.0. The summed E-state index contributed by atoms with van der Waals surface area (Å²) >= 11 is 0. The molecule has 1 N–H and O–H groups in total. The van der Waals surface area contributed by atoms with Crippen molar-refractivity contribution in [1.29, 1.82) is 0 Å². The third-order valence-electron chi connectivity index (χ3n) is 4.46. The van der Waals surface area contributed by atoms with E-state index in [0.29, 0.717) is 11.8 Å². The molecule has 1 saturated carbocycles. The SMILES string of the molecule is CCc1nc(CC)n(C2CC(C(C)C)CCC2O)n1. The van der Waals surface area contributed by atoms with Crippen molar-refractivity contribution in [3.8, 4) is 0 Å². The Kier molecular flexibility index (Phi) is 4.61. The van der Waals surface area contributed by atoms with Gasteiger partial charge < -0.3 is 5.11 Å². The summed E-state index contributed by atoms with van der Waals surface area (Å²) in [6.07, 6.45) is 4.51. The molecule has 2 rings (SSSR count). The first-order valence-electron chi connectivity index (χ1n) is 7.69. The predicted octanol–water partition coefficient (Wildman–Crippen LogP) is 2.76. The molecule has 3 atom stereocenters. The fourth-order valence-corrected chi connectivity index (χ4v) is 3.09. The lowest BCUT2D eigenvalue weighted by molar-refractivity contribution is 0.0367. The van der Waals surface area contributed by atoms with Gasteiger partial charge in [-0.15, -0.1) is 0 Å². The quantitative estimate of drug-likeness (QED) is 0.910. The van der Waals surface area contributed by atoms with Gasteiger partial charge in [0.1, 0.15) is 5.82 Å². The van der Waals surface area contributed by atoms with Gasteiger partial charge in [-0.05, 0) is 31.1 Å². The highest BCUT2D eigenvalue weighted by Gasteiger charge is 2.33. The maximum Gasteiger partial charge on any atom is 0.150 e. The first kappa shape index (κ1) is 14.5. The molecule has 0 aliphatic heterocycles. The van der Waals surface area contributed by atoms with E-state index in [1.807, 2.05) is 4.68 Å². The van der Waals surface area contributed by atoms with E-state index in [4.69, 9.17) is 0 Å². The number of aromatic nitrogens is 3. The molecular formula is C15H27N3O. The van der Waals surface area contributed by atoms with Crippen LogP contribution in [0, 0.1) is 11.8 Å². The van der Waals surface area contributed by atoms with Gasteiger partial charge in [-0.2, -0.15) is 5.10 Å². The zero-order valence-electron chi connectivity index (χ0n) is 12.6. The Balaban J connectivity index is 2.25. The standard InChI is InChI=1S/C15H27N3O/c1-5-14-16-15(6-2)18(17-14)12-9-11(10(3)4)7-8-13(12)19/h10-13,19H,5-9H2,1-4H3. The van der Waals surface area contributed by atoms with E-state index in [2.05, 4.69) is 37.8 Å². The Morgan fingerprint density at radius 2 is 2.00 bits per heavy atom. The molecular weight excluding hydrogens is 238 g/mol. The first-order valence-corrected chi connectivity index (χ1v) is 7.69. The summed E-state index contributed by atoms with van der Waals surface area (Å²) in [7, 11) is 0. The van der Waals surface area contributed by atoms with Crippen LogP contribution < -0.4 is 0 Å². The number of hydrogen-bond donors (Lipinski definition) is 1. The molecule has 0 spiro atoms. The van der Waals surface area contributed by atoms with Crippen LogP contribution in [0.1, 0.15) is 64.6 Å². The fourth-order valence-electron chi connectivity index (χ4n) is 3.09. The predicted molar refractivity (Wildman–Crippen MR) is 76.0 cm³/mol. The average Bonchev–Trinajstić information content (AvgIpc) is 2.82. The van der Waals surface area contributed by atoms with Crippen molar-refractivity contribution in [2.45, 2.75) is 71.9 Å². The molecule has 1 aliphatic rings. The molecule has 4 nitrogen and oxygen atoms in total. The Morgan fingerprint density at radius 1 is 1.26 bits per heavy atom. The van der Waals surface area contributed by atoms with Crippen molar-refractivity contribution >= 4 is 0 Å². The van der Waals surface area contributed by atoms with Crippen LogP contribution in [0.5, 0.6) is 0 Å². The number of nitrogens with zero attached hydrogens (tertiary/aromatic N) is 3. The minimum atomic E-state index is -0.272. The smallest absolute Gasteiger partial charge is 0.150 e. The lowest BCUT2D eigenvalue weighted by Gasteiger charge is -2.35. The topological polar surface area (TPSA) is 50.9 Å². The van der Waals surface area contributed by atoms with Gasteiger partial charge in [-0.25, -0.2) is 9.67 Å². The summed E-state index contributed by atoms with van der Waals surface area (Å²) in [4.78, 5) is 4.57. The molecule has 1 heterocycles. The van der Waals surface area contributed by atoms with Crippen molar-refractivity contribution < 1.29 is 5.11 Å². The van der Waals surface area contributed by atoms with E-state index < -0.39 is 0 Å². The molecule has 3 unspecified atom stereocenters. The summed E-state index contributed by atoms with van der Waals surface area (Å²) in [6.45, 7) is 8.74. The van der Waals surface area contributed by atoms with Gasteiger partial charge in [0.2, 0.25) is 0 Å². The second-order valence-corrected chi connectivity index (χ2v) is 6.05. The molecule has 4 heteroatoms. The van der Waals surface area contributed by atoms with Crippen LogP contribution in [0.3, 0.4) is 0 Å². The summed E-state index contributed by atoms with van der Waals surface area (Å²) in [5.41, 5.74) is 0. The van der Waals surface area contributed by atoms with Crippen LogP contribution in [-0.2, 0) is 12.8 Å². The lowest BCUT2D eigenvalue weighted by atomic mass is 9.78. The van der Waals surface area contributed by atoms with E-state index in [9.17, 15) is 5.11 Å². The van der Waals surface area contributed by atoms with E-state index in [-0.39, 0.29) is 12.1 Å². The molecule has 19 heavy (non-hydrogen) atoms. The molecule has 1 aromatic rings. The Morgan fingerprint density at radius 3 is 2.58 bits per heavy atom. The van der Waals surface area contributed by atoms with Gasteiger partial charge in [0.25, 0.3) is 0 Å². The average molecular weight is 265 g/mol. The van der Waals surface area contributed by atoms with E-state index in [0.717, 1.165) is 43.8 Å². The molecule has 108 valence electrons. The van der Waals surface area contributed by atoms with Gasteiger partial charge in [0.15, 0.2) is 5.82 Å². The lowest BCUT2D eigenvalue weighted by Crippen LogP contribution is -2.34. The van der Waals surface area contributed by atoms with Crippen LogP contribution in [0.25, 0.3) is 0 Å². The first-order chi connectivity index (χ1) is 9.06. The minimum absolute atomic E-state index is 0.115. The molecule has 1 aliphatic carbocycles. The third kappa shape index (κ3) is 2.99. The van der Waals surface area contributed by atoms with Crippen molar-refractivity contribution in [3.05, 3.63) is 11.6 Å². The molecule has 0 amide bonds. The molecule has 0 aromatic carbocycles. The van der Waals surface area contributed by atoms with E-state index in [1.54, 1.807) is 0 Å². The van der Waals surface area contributed by atoms with Gasteiger partial charge in [0, 0.05) is 12.8 Å². The number of aryl methyl sites for hydroxylation is 2. The largest absolute Gasteiger partial charge is 0.391 e. The van der Waals surface area contributed by atoms with E-state index in [1.165, 1.54) is 0 Å². The zero-order valence-corrected chi connectivity index (χ0v) is 12.6. The fraction of sp³-hybridized carbons (Fsp3) is 0.867. The second-order valence-electron chi connectivity index (χ2n) is 6.05. The molecule has 1 fully saturated rings. The summed E-state index contributed by atoms with van der Waals surface area (Å²) in [5.74, 6) is 3.28. The van der Waals surface area contributed by atoms with Crippen LogP contribution in [0.15, 0.2) is 0 Å². The number of aliphatic hydroxyl groups is 1. The highest BCUT2D eigenvalue weighted by atomic mass is 16.3. The van der Waals surface area contributed by atoms with Gasteiger partial charge >= 0.3 is 0 Å². The molecule has 0 saturated heterocycles. The molecule has 0 radical (unpaired) electrons. The molecule has 0 bridgehead atoms. The minimum Gasteiger partial charge on any atom is -0.391 e. The van der Waals surface area contributed by atoms with E-state index >= 15 is 0 Å². The monoisotopic (exact) mass is 265 g/mol. The maximum absolute atomic E-state index is 10.3. The summed E-state index contributed by atoms with van der Waals surface area (Å²) in [5, 5.41) is 14.9. The van der Waals surface area contributed by atoms with Crippen molar-refractivity contribution in [1.82, 2.24) is 14.8 Å². The Labute approximate surface area is 116 Å². The third-order valence-corrected chi connectivity index (χ3v) is 4.46. The van der Waals surface area contributed by atoms with Crippen molar-refractivity contribution in [2.24, 2.45) is 11.8 Å². The van der Waals surface area contributed by atoms with Gasteiger partial charge in [-0.1, -0.05) is 27.7 Å². The summed E-state index contributed by atoms with van der Waals surface area (Å²) in [6, 6.07) is 0.115. The number of aliphatic hydroxyl groups excluding tert-OH is 1. The van der Waals surface area contributed by atoms with Crippen LogP contribution >= 0.6 is 0 Å². The zero-order chi connectivity index (χ0) is 14.0. The highest BCUT2D eigenvalue weighted by molar-refractivity contribution is 4.97. The maximum atomic E-state index is 10.3. The number of hydrogen-bond acceptors (Lipinski definition) is 3. The van der Waals surface area contributed by atoms with Crippen LogP contribution in [0.2, 0.25) is 0 Å². The second kappa shape index (κ2) is 6.04. The van der Waals surface area contributed by atoms with Crippen LogP contribution in [-0.4, -0.2) is 26.0 Å². The van der Waals surface area contributed by atoms with Crippen LogP contribution in [0.4, 0.5) is 0 Å². The van der Waals surface area contributed by atoms with Crippen molar-refractivity contribution in [2.75, 3.05) is 0 Å². The Hall–Kier alpha value is -0.900. The van der Waals surface area contributed by atoms with Gasteiger partial charge in [0.05, 0.1) is 12.1 Å². The number of rotatable bonds is 4. The van der Waals surface area contributed by atoms with Gasteiger partial charge in [-0.3, -0.25) is 0 Å². The highest BCUT2D eigenvalue weighted by Crippen LogP contribution is 2.36. The molecule has 1 aromatic heterocycles. The Bertz CT molecular complexity index is 414. The van der Waals surface area contributed by atoms with Crippen molar-refractivity contribution in [3.63, 3.8) is 0 Å². The summed E-state index contributed by atoms with van der Waals surface area (Å²) < 4.78 is 2.01.